The quantitative estimate of drug-likeness (QED) is 0.496. The fourth-order valence-corrected chi connectivity index (χ4v) is 7.67. The Labute approximate surface area is 92.1 Å². The number of hydrogen-bond donors (Lipinski definition) is 0. The zero-order valence-corrected chi connectivity index (χ0v) is 13.0. The van der Waals surface area contributed by atoms with Crippen LogP contribution in [0, 0.1) is 0 Å². The summed E-state index contributed by atoms with van der Waals surface area (Å²) >= 11 is 3.58. The van der Waals surface area contributed by atoms with Crippen LogP contribution in [0.15, 0.2) is 0 Å². The van der Waals surface area contributed by atoms with Crippen LogP contribution in [0.5, 0.6) is 0 Å². The summed E-state index contributed by atoms with van der Waals surface area (Å²) in [6.07, 6.45) is 0. The Morgan fingerprint density at radius 1 is 0.846 bits per heavy atom. The van der Waals surface area contributed by atoms with E-state index in [9.17, 15) is 0 Å². The van der Waals surface area contributed by atoms with E-state index in [1.54, 1.807) is 0 Å². The maximum absolute atomic E-state index is 3.58. The van der Waals surface area contributed by atoms with E-state index in [0.717, 1.165) is 5.66 Å². The third-order valence-electron chi connectivity index (χ3n) is 2.72. The molecule has 0 aromatic carbocycles. The van der Waals surface area contributed by atoms with Crippen LogP contribution in [0.1, 0.15) is 55.4 Å². The molecule has 0 fully saturated rings. The van der Waals surface area contributed by atoms with E-state index >= 15 is 0 Å². The molecule has 0 N–H and O–H groups in total. The molecule has 0 atom stereocenters. The number of hydrogen-bond acceptors (Lipinski definition) is 0. The van der Waals surface area contributed by atoms with Crippen molar-refractivity contribution in [3.63, 3.8) is 0 Å². The molecule has 0 aromatic rings. The van der Waals surface area contributed by atoms with Crippen molar-refractivity contribution in [1.82, 2.24) is 0 Å². The van der Waals surface area contributed by atoms with Crippen molar-refractivity contribution < 1.29 is 0 Å². The van der Waals surface area contributed by atoms with Crippen molar-refractivity contribution in [2.24, 2.45) is 0 Å². The maximum atomic E-state index is 3.58. The Bertz CT molecular complexity index is 197. The van der Waals surface area contributed by atoms with Gasteiger partial charge < -0.3 is 0 Å². The molecule has 0 aliphatic heterocycles. The van der Waals surface area contributed by atoms with Gasteiger partial charge in [-0.15, -0.1) is 0 Å². The van der Waals surface area contributed by atoms with Crippen LogP contribution in [-0.2, 0) is 0 Å². The second-order valence-electron chi connectivity index (χ2n) is 6.09. The SMILES string of the molecule is CC(C)P(=[Se])(C(C)(C)C)C(C)(C)C. The van der Waals surface area contributed by atoms with Gasteiger partial charge in [0.25, 0.3) is 0 Å². The van der Waals surface area contributed by atoms with Gasteiger partial charge in [-0.05, 0) is 0 Å². The molecule has 2 heteroatoms. The van der Waals surface area contributed by atoms with Crippen LogP contribution in [-0.4, -0.2) is 31.1 Å². The molecule has 0 aromatic heterocycles. The standard InChI is InChI=1S/C11H25PSe/c1-9(2)12(13,10(3,4)5)11(6,7)8/h9H,1-8H3. The first-order valence-electron chi connectivity index (χ1n) is 5.04. The van der Waals surface area contributed by atoms with Crippen LogP contribution < -0.4 is 0 Å². The van der Waals surface area contributed by atoms with Gasteiger partial charge in [-0.25, -0.2) is 0 Å². The minimum atomic E-state index is -1.03. The Kier molecular flexibility index (Phi) is 4.12. The summed E-state index contributed by atoms with van der Waals surface area (Å²) in [5.74, 6) is 0. The third kappa shape index (κ3) is 2.49. The molecule has 0 aliphatic rings. The first kappa shape index (κ1) is 13.9. The van der Waals surface area contributed by atoms with Gasteiger partial charge in [0.15, 0.2) is 0 Å². The Morgan fingerprint density at radius 2 is 1.08 bits per heavy atom. The zero-order valence-electron chi connectivity index (χ0n) is 10.4. The minimum absolute atomic E-state index is 0.416. The van der Waals surface area contributed by atoms with Gasteiger partial charge in [0, 0.05) is 0 Å². The Balaban J connectivity index is 5.37. The average Bonchev–Trinajstić information content (AvgIpc) is 1.80. The third-order valence-corrected chi connectivity index (χ3v) is 17.7. The van der Waals surface area contributed by atoms with Crippen molar-refractivity contribution in [2.75, 3.05) is 0 Å². The van der Waals surface area contributed by atoms with Crippen LogP contribution in [0.4, 0.5) is 0 Å². The Hall–Kier alpha value is 0.949. The molecule has 0 aliphatic carbocycles. The van der Waals surface area contributed by atoms with Crippen molar-refractivity contribution in [2.45, 2.75) is 71.4 Å². The van der Waals surface area contributed by atoms with E-state index in [0.29, 0.717) is 10.3 Å². The summed E-state index contributed by atoms with van der Waals surface area (Å²) in [6, 6.07) is 0. The van der Waals surface area contributed by atoms with Gasteiger partial charge in [-0.3, -0.25) is 0 Å². The van der Waals surface area contributed by atoms with Crippen LogP contribution >= 0.6 is 5.51 Å². The molecule has 0 radical (unpaired) electrons. The van der Waals surface area contributed by atoms with Crippen LogP contribution in [0.25, 0.3) is 0 Å². The van der Waals surface area contributed by atoms with Crippen molar-refractivity contribution in [1.29, 1.82) is 0 Å². The Morgan fingerprint density at radius 3 is 1.08 bits per heavy atom. The van der Waals surface area contributed by atoms with Gasteiger partial charge in [-0.2, -0.15) is 0 Å². The number of rotatable bonds is 1. The van der Waals surface area contributed by atoms with Crippen molar-refractivity contribution >= 4 is 20.6 Å². The molecule has 0 unspecified atom stereocenters. The average molecular weight is 267 g/mol. The summed E-state index contributed by atoms with van der Waals surface area (Å²) in [4.78, 5) is 0. The molecule has 80 valence electrons. The second kappa shape index (κ2) is 3.84. The van der Waals surface area contributed by atoms with Gasteiger partial charge in [-0.1, -0.05) is 0 Å². The van der Waals surface area contributed by atoms with E-state index in [1.807, 2.05) is 0 Å². The summed E-state index contributed by atoms with van der Waals surface area (Å²) in [5, 5.41) is 0.832. The van der Waals surface area contributed by atoms with Crippen molar-refractivity contribution in [3.8, 4) is 0 Å². The van der Waals surface area contributed by atoms with Gasteiger partial charge in [0.05, 0.1) is 0 Å². The topological polar surface area (TPSA) is 0 Å². The fraction of sp³-hybridized carbons (Fsp3) is 1.00. The molecule has 13 heavy (non-hydrogen) atoms. The van der Waals surface area contributed by atoms with E-state index in [2.05, 4.69) is 70.5 Å². The molecule has 0 spiro atoms. The molecule has 0 heterocycles. The molecule has 0 rings (SSSR count). The predicted octanol–water partition coefficient (Wildman–Crippen LogP) is 4.09. The zero-order chi connectivity index (χ0) is 11.1. The van der Waals surface area contributed by atoms with E-state index in [1.165, 1.54) is 0 Å². The van der Waals surface area contributed by atoms with E-state index in [4.69, 9.17) is 0 Å². The summed E-state index contributed by atoms with van der Waals surface area (Å²) in [7, 11) is 0. The molecular weight excluding hydrogens is 242 g/mol. The fourth-order valence-electron chi connectivity index (χ4n) is 2.56. The van der Waals surface area contributed by atoms with Crippen LogP contribution in [0.3, 0.4) is 0 Å². The van der Waals surface area contributed by atoms with Gasteiger partial charge >= 0.3 is 92.0 Å². The van der Waals surface area contributed by atoms with E-state index < -0.39 is 5.51 Å². The molecular formula is C11H25PSe. The molecule has 0 saturated heterocycles. The summed E-state index contributed by atoms with van der Waals surface area (Å²) in [5.41, 5.74) is -0.263. The van der Waals surface area contributed by atoms with Crippen molar-refractivity contribution in [3.05, 3.63) is 0 Å². The summed E-state index contributed by atoms with van der Waals surface area (Å²) < 4.78 is 0. The first-order chi connectivity index (χ1) is 5.44. The van der Waals surface area contributed by atoms with E-state index in [-0.39, 0.29) is 0 Å². The summed E-state index contributed by atoms with van der Waals surface area (Å²) in [6.45, 7) is 19.0. The van der Waals surface area contributed by atoms with Gasteiger partial charge in [0.1, 0.15) is 0 Å². The monoisotopic (exact) mass is 268 g/mol. The molecule has 0 nitrogen and oxygen atoms in total. The molecule has 0 amide bonds. The van der Waals surface area contributed by atoms with Crippen LogP contribution in [0.2, 0.25) is 0 Å². The second-order valence-corrected chi connectivity index (χ2v) is 14.8. The normalized spacial score (nSPS) is 15.2. The molecule has 0 bridgehead atoms. The first-order valence-corrected chi connectivity index (χ1v) is 9.12. The van der Waals surface area contributed by atoms with Gasteiger partial charge in [0.2, 0.25) is 0 Å². The predicted molar refractivity (Wildman–Crippen MR) is 67.3 cm³/mol. The molecule has 0 saturated carbocycles.